The minimum absolute atomic E-state index is 0.185. The summed E-state index contributed by atoms with van der Waals surface area (Å²) in [6.45, 7) is 6.13. The normalized spacial score (nSPS) is 21.2. The van der Waals surface area contributed by atoms with Crippen molar-refractivity contribution in [1.29, 1.82) is 0 Å². The van der Waals surface area contributed by atoms with Gasteiger partial charge in [-0.15, -0.1) is 0 Å². The van der Waals surface area contributed by atoms with Gasteiger partial charge in [-0.25, -0.2) is 4.79 Å². The Balaban J connectivity index is 1.81. The number of rotatable bonds is 3. The van der Waals surface area contributed by atoms with Crippen LogP contribution < -0.4 is 16.0 Å². The maximum absolute atomic E-state index is 11.9. The summed E-state index contributed by atoms with van der Waals surface area (Å²) in [7, 11) is 0. The minimum Gasteiger partial charge on any atom is -0.336 e. The van der Waals surface area contributed by atoms with E-state index in [4.69, 9.17) is 11.6 Å². The summed E-state index contributed by atoms with van der Waals surface area (Å²) in [5, 5.41) is 9.86. The highest BCUT2D eigenvalue weighted by atomic mass is 35.5. The third-order valence-electron chi connectivity index (χ3n) is 3.90. The lowest BCUT2D eigenvalue weighted by atomic mass is 9.77. The van der Waals surface area contributed by atoms with Crippen molar-refractivity contribution in [3.63, 3.8) is 0 Å². The van der Waals surface area contributed by atoms with E-state index in [2.05, 4.69) is 29.8 Å². The van der Waals surface area contributed by atoms with Crippen molar-refractivity contribution < 1.29 is 4.79 Å². The molecule has 1 atom stereocenters. The van der Waals surface area contributed by atoms with Gasteiger partial charge in [0.05, 0.1) is 0 Å². The van der Waals surface area contributed by atoms with Gasteiger partial charge < -0.3 is 16.0 Å². The van der Waals surface area contributed by atoms with E-state index in [1.165, 1.54) is 12.8 Å². The average Bonchev–Trinajstić information content (AvgIpc) is 2.40. The van der Waals surface area contributed by atoms with E-state index in [0.29, 0.717) is 17.6 Å². The molecular weight excluding hydrogens is 274 g/mol. The molecule has 0 saturated carbocycles. The molecule has 1 aliphatic rings. The lowest BCUT2D eigenvalue weighted by molar-refractivity contribution is 0.177. The maximum Gasteiger partial charge on any atom is 0.319 e. The molecule has 0 aliphatic carbocycles. The number of amides is 2. The zero-order valence-electron chi connectivity index (χ0n) is 12.0. The van der Waals surface area contributed by atoms with Crippen LogP contribution in [0.4, 0.5) is 10.5 Å². The number of nitrogens with one attached hydrogen (secondary N) is 3. The number of urea groups is 1. The zero-order chi connectivity index (χ0) is 14.6. The van der Waals surface area contributed by atoms with Crippen LogP contribution in [0.15, 0.2) is 24.3 Å². The summed E-state index contributed by atoms with van der Waals surface area (Å²) in [5.74, 6) is 0. The average molecular weight is 296 g/mol. The third-order valence-corrected chi connectivity index (χ3v) is 4.15. The molecular formula is C15H22ClN3O. The fraction of sp³-hybridized carbons (Fsp3) is 0.533. The zero-order valence-corrected chi connectivity index (χ0v) is 12.8. The second kappa shape index (κ2) is 6.46. The summed E-state index contributed by atoms with van der Waals surface area (Å²) in [4.78, 5) is 11.9. The molecule has 1 aliphatic heterocycles. The SMILES string of the molecule is CC1(C)CCCNC1CNC(=O)Nc1ccc(Cl)cc1. The topological polar surface area (TPSA) is 53.2 Å². The van der Waals surface area contributed by atoms with E-state index in [9.17, 15) is 4.79 Å². The lowest BCUT2D eigenvalue weighted by Gasteiger charge is -2.39. The van der Waals surface area contributed by atoms with Gasteiger partial charge in [0.2, 0.25) is 0 Å². The Labute approximate surface area is 125 Å². The number of halogens is 1. The van der Waals surface area contributed by atoms with Crippen LogP contribution in [0, 0.1) is 5.41 Å². The highest BCUT2D eigenvalue weighted by Gasteiger charge is 2.31. The summed E-state index contributed by atoms with van der Waals surface area (Å²) < 4.78 is 0. The third kappa shape index (κ3) is 4.12. The first-order chi connectivity index (χ1) is 9.47. The second-order valence-electron chi connectivity index (χ2n) is 5.94. The molecule has 2 amide bonds. The Hall–Kier alpha value is -1.26. The number of hydrogen-bond acceptors (Lipinski definition) is 2. The van der Waals surface area contributed by atoms with E-state index in [1.807, 2.05) is 0 Å². The Bertz CT molecular complexity index is 459. The largest absolute Gasteiger partial charge is 0.336 e. The van der Waals surface area contributed by atoms with Gasteiger partial charge in [0.25, 0.3) is 0 Å². The molecule has 3 N–H and O–H groups in total. The van der Waals surface area contributed by atoms with E-state index in [-0.39, 0.29) is 11.4 Å². The summed E-state index contributed by atoms with van der Waals surface area (Å²) in [5.41, 5.74) is 0.953. The first-order valence-electron chi connectivity index (χ1n) is 7.01. The van der Waals surface area contributed by atoms with Crippen LogP contribution in [0.3, 0.4) is 0 Å². The Morgan fingerprint density at radius 1 is 1.40 bits per heavy atom. The first-order valence-corrected chi connectivity index (χ1v) is 7.39. The van der Waals surface area contributed by atoms with E-state index < -0.39 is 0 Å². The van der Waals surface area contributed by atoms with E-state index in [1.54, 1.807) is 24.3 Å². The van der Waals surface area contributed by atoms with Crippen LogP contribution in [0.5, 0.6) is 0 Å². The van der Waals surface area contributed by atoms with E-state index >= 15 is 0 Å². The Kier molecular flexibility index (Phi) is 4.89. The van der Waals surface area contributed by atoms with Crippen LogP contribution in [0.25, 0.3) is 0 Å². The number of piperidine rings is 1. The second-order valence-corrected chi connectivity index (χ2v) is 6.38. The van der Waals surface area contributed by atoms with Crippen LogP contribution in [0.1, 0.15) is 26.7 Å². The predicted octanol–water partition coefficient (Wildman–Crippen LogP) is 3.24. The van der Waals surface area contributed by atoms with Gasteiger partial charge in [0, 0.05) is 23.3 Å². The molecule has 0 radical (unpaired) electrons. The van der Waals surface area contributed by atoms with Gasteiger partial charge in [0.1, 0.15) is 0 Å². The van der Waals surface area contributed by atoms with Gasteiger partial charge in [-0.3, -0.25) is 0 Å². The predicted molar refractivity (Wildman–Crippen MR) is 83.3 cm³/mol. The Morgan fingerprint density at radius 2 is 2.10 bits per heavy atom. The highest BCUT2D eigenvalue weighted by molar-refractivity contribution is 6.30. The molecule has 1 heterocycles. The molecule has 1 unspecified atom stereocenters. The molecule has 2 rings (SSSR count). The van der Waals surface area contributed by atoms with Gasteiger partial charge in [-0.05, 0) is 49.1 Å². The van der Waals surface area contributed by atoms with Crippen molar-refractivity contribution in [2.24, 2.45) is 5.41 Å². The molecule has 0 aromatic heterocycles. The van der Waals surface area contributed by atoms with Gasteiger partial charge in [-0.2, -0.15) is 0 Å². The molecule has 0 bridgehead atoms. The van der Waals surface area contributed by atoms with Crippen molar-refractivity contribution in [1.82, 2.24) is 10.6 Å². The number of carbonyl (C=O) groups excluding carboxylic acids is 1. The first kappa shape index (κ1) is 15.1. The van der Waals surface area contributed by atoms with E-state index in [0.717, 1.165) is 12.2 Å². The molecule has 1 saturated heterocycles. The van der Waals surface area contributed by atoms with Crippen molar-refractivity contribution in [2.45, 2.75) is 32.7 Å². The van der Waals surface area contributed by atoms with Gasteiger partial charge >= 0.3 is 6.03 Å². The fourth-order valence-electron chi connectivity index (χ4n) is 2.52. The van der Waals surface area contributed by atoms with Crippen molar-refractivity contribution in [3.8, 4) is 0 Å². The highest BCUT2D eigenvalue weighted by Crippen LogP contribution is 2.29. The number of anilines is 1. The summed E-state index contributed by atoms with van der Waals surface area (Å²) >= 11 is 5.81. The molecule has 1 aromatic rings. The van der Waals surface area contributed by atoms with Crippen LogP contribution in [0.2, 0.25) is 5.02 Å². The molecule has 4 nitrogen and oxygen atoms in total. The molecule has 1 aromatic carbocycles. The van der Waals surface area contributed by atoms with Crippen molar-refractivity contribution in [3.05, 3.63) is 29.3 Å². The molecule has 20 heavy (non-hydrogen) atoms. The Morgan fingerprint density at radius 3 is 2.75 bits per heavy atom. The fourth-order valence-corrected chi connectivity index (χ4v) is 2.65. The molecule has 110 valence electrons. The number of carbonyl (C=O) groups is 1. The number of benzene rings is 1. The smallest absolute Gasteiger partial charge is 0.319 e. The van der Waals surface area contributed by atoms with Gasteiger partial charge in [0.15, 0.2) is 0 Å². The van der Waals surface area contributed by atoms with Crippen molar-refractivity contribution in [2.75, 3.05) is 18.4 Å². The number of hydrogen-bond donors (Lipinski definition) is 3. The van der Waals surface area contributed by atoms with Crippen molar-refractivity contribution >= 4 is 23.3 Å². The van der Waals surface area contributed by atoms with Crippen LogP contribution in [-0.2, 0) is 0 Å². The van der Waals surface area contributed by atoms with Crippen LogP contribution in [-0.4, -0.2) is 25.2 Å². The minimum atomic E-state index is -0.185. The molecule has 5 heteroatoms. The monoisotopic (exact) mass is 295 g/mol. The van der Waals surface area contributed by atoms with Gasteiger partial charge in [-0.1, -0.05) is 25.4 Å². The quantitative estimate of drug-likeness (QED) is 0.802. The lowest BCUT2D eigenvalue weighted by Crippen LogP contribution is -2.53. The van der Waals surface area contributed by atoms with Crippen LogP contribution >= 0.6 is 11.6 Å². The standard InChI is InChI=1S/C15H22ClN3O/c1-15(2)8-3-9-17-13(15)10-18-14(20)19-12-6-4-11(16)5-7-12/h4-7,13,17H,3,8-10H2,1-2H3,(H2,18,19,20). The molecule has 1 fully saturated rings. The summed E-state index contributed by atoms with van der Waals surface area (Å²) in [6.07, 6.45) is 2.38. The molecule has 0 spiro atoms. The maximum atomic E-state index is 11.9. The summed E-state index contributed by atoms with van der Waals surface area (Å²) in [6, 6.07) is 7.20.